The van der Waals surface area contributed by atoms with Crippen LogP contribution in [-0.2, 0) is 70.3 Å². The molecule has 0 bridgehead atoms. The first-order valence-corrected chi connectivity index (χ1v) is 19.8. The number of esters is 2. The lowest BCUT2D eigenvalue weighted by atomic mass is 10.1. The first kappa shape index (κ1) is 50.8. The van der Waals surface area contributed by atoms with Gasteiger partial charge in [0.05, 0.1) is 65.7 Å². The molecule has 0 saturated heterocycles. The Kier molecular flexibility index (Phi) is 23.9. The summed E-state index contributed by atoms with van der Waals surface area (Å²) < 4.78 is 43.0. The van der Waals surface area contributed by atoms with E-state index in [1.165, 1.54) is 0 Å². The quantitative estimate of drug-likeness (QED) is 0.0576. The van der Waals surface area contributed by atoms with Crippen LogP contribution in [0.15, 0.2) is 60.7 Å². The van der Waals surface area contributed by atoms with Gasteiger partial charge < -0.3 is 59.2 Å². The molecule has 0 aliphatic carbocycles. The molecule has 2 atom stereocenters. The van der Waals surface area contributed by atoms with E-state index in [9.17, 15) is 28.8 Å². The first-order chi connectivity index (χ1) is 28.5. The van der Waals surface area contributed by atoms with E-state index in [2.05, 4.69) is 21.3 Å². The number of nitrogens with one attached hydrogen (secondary N) is 4. The van der Waals surface area contributed by atoms with Crippen molar-refractivity contribution in [2.45, 2.75) is 90.9 Å². The van der Waals surface area contributed by atoms with Gasteiger partial charge >= 0.3 is 24.1 Å². The number of hydrogen-bond donors (Lipinski definition) is 4. The van der Waals surface area contributed by atoms with E-state index >= 15 is 0 Å². The Morgan fingerprint density at radius 2 is 0.800 bits per heavy atom. The molecule has 0 spiro atoms. The van der Waals surface area contributed by atoms with Gasteiger partial charge in [-0.15, -0.1) is 0 Å². The van der Waals surface area contributed by atoms with Crippen molar-refractivity contribution >= 4 is 35.9 Å². The van der Waals surface area contributed by atoms with Gasteiger partial charge in [0.15, 0.2) is 0 Å². The zero-order valence-electron chi connectivity index (χ0n) is 35.5. The molecule has 60 heavy (non-hydrogen) atoms. The number of alkyl carbamates (subject to hydrolysis) is 2. The van der Waals surface area contributed by atoms with Crippen LogP contribution in [0.1, 0.15) is 65.5 Å². The Labute approximate surface area is 352 Å². The number of carbonyl (C=O) groups is 6. The van der Waals surface area contributed by atoms with Crippen LogP contribution in [0.4, 0.5) is 9.59 Å². The maximum atomic E-state index is 12.9. The molecule has 0 aliphatic heterocycles. The fourth-order valence-corrected chi connectivity index (χ4v) is 4.83. The Balaban J connectivity index is 1.56. The minimum atomic E-state index is -1.22. The number of rotatable bonds is 27. The van der Waals surface area contributed by atoms with E-state index in [1.807, 2.05) is 12.1 Å². The third-order valence-electron chi connectivity index (χ3n) is 7.43. The predicted octanol–water partition coefficient (Wildman–Crippen LogP) is 3.34. The summed E-state index contributed by atoms with van der Waals surface area (Å²) in [5.41, 5.74) is -0.0149. The Morgan fingerprint density at radius 1 is 0.483 bits per heavy atom. The molecule has 2 rings (SSSR count). The molecule has 0 aromatic heterocycles. The average Bonchev–Trinajstić information content (AvgIpc) is 3.17. The van der Waals surface area contributed by atoms with E-state index in [-0.39, 0.29) is 65.9 Å². The molecule has 2 aromatic rings. The number of hydrogen-bond acceptors (Lipinski definition) is 14. The van der Waals surface area contributed by atoms with Crippen LogP contribution in [0, 0.1) is 0 Å². The predicted molar refractivity (Wildman–Crippen MR) is 217 cm³/mol. The van der Waals surface area contributed by atoms with Crippen LogP contribution in [0.5, 0.6) is 0 Å². The van der Waals surface area contributed by atoms with Gasteiger partial charge in [0.2, 0.25) is 11.8 Å². The van der Waals surface area contributed by atoms with E-state index in [0.29, 0.717) is 13.2 Å². The van der Waals surface area contributed by atoms with Gasteiger partial charge in [-0.05, 0) is 52.7 Å². The summed E-state index contributed by atoms with van der Waals surface area (Å²) in [6, 6.07) is 15.6. The fraction of sp³-hybridized carbons (Fsp3) is 0.571. The summed E-state index contributed by atoms with van der Waals surface area (Å²) in [6.45, 7) is 12.4. The van der Waals surface area contributed by atoms with Crippen molar-refractivity contribution in [3.8, 4) is 0 Å². The number of amides is 4. The van der Waals surface area contributed by atoms with Crippen LogP contribution in [-0.4, -0.2) is 125 Å². The molecule has 0 heterocycles. The molecule has 2 unspecified atom stereocenters. The van der Waals surface area contributed by atoms with Crippen molar-refractivity contribution in [2.24, 2.45) is 0 Å². The van der Waals surface area contributed by atoms with Gasteiger partial charge in [-0.25, -0.2) is 9.59 Å². The molecule has 4 N–H and O–H groups in total. The Hall–Kier alpha value is -5.30. The highest BCUT2D eigenvalue weighted by molar-refractivity contribution is 5.90. The number of benzene rings is 2. The van der Waals surface area contributed by atoms with Crippen molar-refractivity contribution in [3.05, 3.63) is 71.8 Å². The SMILES string of the molecule is CC(C)(C)OC(=O)CC(NC(=O)OCc1ccccc1)C(=O)NCCOCCOCCOCCOCCNC(=O)C(CC(=O)OC(C)(C)C)NC(=O)OCc1ccccc1. The van der Waals surface area contributed by atoms with Gasteiger partial charge in [-0.2, -0.15) is 0 Å². The van der Waals surface area contributed by atoms with Crippen molar-refractivity contribution in [1.82, 2.24) is 21.3 Å². The lowest BCUT2D eigenvalue weighted by Crippen LogP contribution is -2.49. The van der Waals surface area contributed by atoms with Crippen molar-refractivity contribution < 1.29 is 66.7 Å². The molecular weight excluding hydrogens is 784 g/mol. The summed E-state index contributed by atoms with van der Waals surface area (Å²) in [4.78, 5) is 75.4. The summed E-state index contributed by atoms with van der Waals surface area (Å²) in [5.74, 6) is -2.51. The Morgan fingerprint density at radius 3 is 1.12 bits per heavy atom. The molecule has 0 saturated carbocycles. The van der Waals surface area contributed by atoms with Crippen LogP contribution in [0.2, 0.25) is 0 Å². The third-order valence-corrected chi connectivity index (χ3v) is 7.43. The standard InChI is InChI=1S/C42H62N4O14/c1-41(2,3)59-35(47)27-33(45-39(51)57-29-31-13-9-7-10-14-31)37(49)43-17-19-53-21-23-55-25-26-56-24-22-54-20-18-44-38(50)34(28-36(48)60-42(4,5)6)46-40(52)58-30-32-15-11-8-12-16-32/h7-16,33-34H,17-30H2,1-6H3,(H,43,49)(H,44,50)(H,45,51)(H,46,52). The van der Waals surface area contributed by atoms with E-state index in [0.717, 1.165) is 11.1 Å². The molecule has 18 nitrogen and oxygen atoms in total. The highest BCUT2D eigenvalue weighted by atomic mass is 16.6. The van der Waals surface area contributed by atoms with Crippen LogP contribution >= 0.6 is 0 Å². The number of ether oxygens (including phenoxy) is 8. The minimum absolute atomic E-state index is 0.00696. The summed E-state index contributed by atoms with van der Waals surface area (Å²) >= 11 is 0. The van der Waals surface area contributed by atoms with Crippen LogP contribution < -0.4 is 21.3 Å². The topological polar surface area (TPSA) is 224 Å². The molecule has 0 aliphatic rings. The van der Waals surface area contributed by atoms with E-state index < -0.39 is 72.1 Å². The lowest BCUT2D eigenvalue weighted by Gasteiger charge is -2.22. The van der Waals surface area contributed by atoms with E-state index in [1.54, 1.807) is 90.1 Å². The average molecular weight is 847 g/mol. The lowest BCUT2D eigenvalue weighted by molar-refractivity contribution is -0.157. The molecule has 0 radical (unpaired) electrons. The summed E-state index contributed by atoms with van der Waals surface area (Å²) in [7, 11) is 0. The van der Waals surface area contributed by atoms with Crippen molar-refractivity contribution in [3.63, 3.8) is 0 Å². The van der Waals surface area contributed by atoms with Gasteiger partial charge in [0.25, 0.3) is 0 Å². The maximum absolute atomic E-state index is 12.9. The second kappa shape index (κ2) is 28.2. The second-order valence-electron chi connectivity index (χ2n) is 15.1. The van der Waals surface area contributed by atoms with Gasteiger partial charge in [0.1, 0.15) is 36.5 Å². The summed E-state index contributed by atoms with van der Waals surface area (Å²) in [5, 5.41) is 10.2. The van der Waals surface area contributed by atoms with Gasteiger partial charge in [-0.3, -0.25) is 19.2 Å². The van der Waals surface area contributed by atoms with Crippen molar-refractivity contribution in [2.75, 3.05) is 65.9 Å². The normalized spacial score (nSPS) is 12.3. The molecular formula is C42H62N4O14. The summed E-state index contributed by atoms with van der Waals surface area (Å²) in [6.07, 6.45) is -2.49. The smallest absolute Gasteiger partial charge is 0.408 e. The zero-order valence-corrected chi connectivity index (χ0v) is 35.5. The van der Waals surface area contributed by atoms with E-state index in [4.69, 9.17) is 37.9 Å². The fourth-order valence-electron chi connectivity index (χ4n) is 4.83. The second-order valence-corrected chi connectivity index (χ2v) is 15.1. The maximum Gasteiger partial charge on any atom is 0.408 e. The molecule has 4 amide bonds. The molecule has 2 aromatic carbocycles. The number of carbonyl (C=O) groups excluding carboxylic acids is 6. The minimum Gasteiger partial charge on any atom is -0.460 e. The zero-order chi connectivity index (χ0) is 44.2. The highest BCUT2D eigenvalue weighted by Gasteiger charge is 2.29. The third kappa shape index (κ3) is 25.9. The monoisotopic (exact) mass is 846 g/mol. The molecule has 334 valence electrons. The highest BCUT2D eigenvalue weighted by Crippen LogP contribution is 2.11. The first-order valence-electron chi connectivity index (χ1n) is 19.8. The van der Waals surface area contributed by atoms with Gasteiger partial charge in [-0.1, -0.05) is 60.7 Å². The van der Waals surface area contributed by atoms with Gasteiger partial charge in [0, 0.05) is 13.1 Å². The van der Waals surface area contributed by atoms with Crippen LogP contribution in [0.3, 0.4) is 0 Å². The van der Waals surface area contributed by atoms with Crippen LogP contribution in [0.25, 0.3) is 0 Å². The Bertz CT molecular complexity index is 1460. The molecule has 18 heteroatoms. The van der Waals surface area contributed by atoms with Crippen molar-refractivity contribution in [1.29, 1.82) is 0 Å². The molecule has 0 fully saturated rings. The largest absolute Gasteiger partial charge is 0.460 e.